The van der Waals surface area contributed by atoms with Gasteiger partial charge in [-0.15, -0.1) is 0 Å². The van der Waals surface area contributed by atoms with Crippen LogP contribution in [0.4, 0.5) is 4.39 Å². The van der Waals surface area contributed by atoms with E-state index in [2.05, 4.69) is 17.6 Å². The number of nitrogens with one attached hydrogen (secondary N) is 2. The van der Waals surface area contributed by atoms with Crippen molar-refractivity contribution in [3.05, 3.63) is 35.6 Å². The minimum Gasteiger partial charge on any atom is -0.363 e. The normalized spacial score (nSPS) is 20.0. The van der Waals surface area contributed by atoms with E-state index in [1.54, 1.807) is 6.07 Å². The van der Waals surface area contributed by atoms with E-state index in [1.807, 2.05) is 17.9 Å². The molecule has 1 aliphatic heterocycles. The number of nitrogens with zero attached hydrogens (tertiary/aromatic N) is 1. The number of halogens is 1. The first-order chi connectivity index (χ1) is 11.6. The molecule has 0 spiro atoms. The Bertz CT molecular complexity index is 581. The highest BCUT2D eigenvalue weighted by atomic mass is 32.1. The van der Waals surface area contributed by atoms with E-state index in [4.69, 9.17) is 12.2 Å². The molecule has 1 amide bonds. The summed E-state index contributed by atoms with van der Waals surface area (Å²) in [4.78, 5) is 14.6. The lowest BCUT2D eigenvalue weighted by atomic mass is 9.88. The van der Waals surface area contributed by atoms with Gasteiger partial charge in [-0.25, -0.2) is 4.39 Å². The first-order valence-electron chi connectivity index (χ1n) is 8.62. The molecule has 1 aliphatic rings. The Kier molecular flexibility index (Phi) is 6.97. The Morgan fingerprint density at radius 2 is 2.12 bits per heavy atom. The lowest BCUT2D eigenvalue weighted by molar-refractivity contribution is -0.124. The first-order valence-corrected chi connectivity index (χ1v) is 9.03. The van der Waals surface area contributed by atoms with Gasteiger partial charge in [-0.2, -0.15) is 0 Å². The van der Waals surface area contributed by atoms with Crippen LogP contribution in [0.2, 0.25) is 0 Å². The molecule has 1 aromatic carbocycles. The summed E-state index contributed by atoms with van der Waals surface area (Å²) in [6.07, 6.45) is 2.00. The van der Waals surface area contributed by atoms with Gasteiger partial charge < -0.3 is 15.5 Å². The Balaban J connectivity index is 2.16. The smallest absolute Gasteiger partial charge is 0.225 e. The lowest BCUT2D eigenvalue weighted by Crippen LogP contribution is -2.39. The van der Waals surface area contributed by atoms with Gasteiger partial charge in [0.15, 0.2) is 5.11 Å². The molecule has 0 aliphatic carbocycles. The molecular formula is C18H26FN3OS. The van der Waals surface area contributed by atoms with Crippen molar-refractivity contribution in [1.82, 2.24) is 15.5 Å². The molecular weight excluding hydrogens is 325 g/mol. The number of amides is 1. The molecule has 24 heavy (non-hydrogen) atoms. The van der Waals surface area contributed by atoms with Crippen LogP contribution >= 0.6 is 12.2 Å². The van der Waals surface area contributed by atoms with Gasteiger partial charge in [-0.05, 0) is 43.3 Å². The van der Waals surface area contributed by atoms with E-state index in [-0.39, 0.29) is 23.6 Å². The topological polar surface area (TPSA) is 44.4 Å². The highest BCUT2D eigenvalue weighted by molar-refractivity contribution is 7.80. The maximum absolute atomic E-state index is 13.6. The van der Waals surface area contributed by atoms with Crippen LogP contribution in [-0.4, -0.2) is 42.1 Å². The number of unbranched alkanes of at least 4 members (excludes halogenated alkanes) is 1. The molecule has 1 fully saturated rings. The fourth-order valence-corrected chi connectivity index (χ4v) is 3.39. The minimum absolute atomic E-state index is 0.0273. The van der Waals surface area contributed by atoms with Crippen molar-refractivity contribution < 1.29 is 9.18 Å². The van der Waals surface area contributed by atoms with Crippen molar-refractivity contribution in [2.45, 2.75) is 32.6 Å². The number of carbonyl (C=O) groups excluding carboxylic acids is 1. The maximum atomic E-state index is 13.6. The predicted octanol–water partition coefficient (Wildman–Crippen LogP) is 2.65. The van der Waals surface area contributed by atoms with Crippen molar-refractivity contribution in [2.24, 2.45) is 5.92 Å². The number of hydrogen-bond donors (Lipinski definition) is 2. The summed E-state index contributed by atoms with van der Waals surface area (Å²) >= 11 is 5.40. The Morgan fingerprint density at radius 1 is 1.33 bits per heavy atom. The average molecular weight is 351 g/mol. The van der Waals surface area contributed by atoms with Gasteiger partial charge in [0.1, 0.15) is 5.82 Å². The maximum Gasteiger partial charge on any atom is 0.225 e. The van der Waals surface area contributed by atoms with Gasteiger partial charge in [0.2, 0.25) is 5.91 Å². The minimum atomic E-state index is -0.273. The van der Waals surface area contributed by atoms with Crippen LogP contribution in [0.3, 0.4) is 0 Å². The fraction of sp³-hybridized carbons (Fsp3) is 0.556. The van der Waals surface area contributed by atoms with Crippen LogP contribution in [0, 0.1) is 11.7 Å². The molecule has 0 bridgehead atoms. The molecule has 1 heterocycles. The Labute approximate surface area is 148 Å². The zero-order valence-electron chi connectivity index (χ0n) is 14.3. The van der Waals surface area contributed by atoms with Gasteiger partial charge in [-0.3, -0.25) is 4.79 Å². The number of benzene rings is 1. The molecule has 2 atom stereocenters. The average Bonchev–Trinajstić information content (AvgIpc) is 3.01. The molecule has 0 saturated carbocycles. The standard InChI is InChI=1S/C18H26FN3OS/c1-3-5-9-21-17(23)16-12-22(18(24)20-4-2)11-15(16)13-7-6-8-14(19)10-13/h6-8,10,15-16H,3-5,9,11-12H2,1-2H3,(H,20,24)(H,21,23)/t15-,16-/m0/s1. The summed E-state index contributed by atoms with van der Waals surface area (Å²) in [7, 11) is 0. The second kappa shape index (κ2) is 8.97. The van der Waals surface area contributed by atoms with Crippen molar-refractivity contribution in [3.8, 4) is 0 Å². The third kappa shape index (κ3) is 4.66. The fourth-order valence-electron chi connectivity index (χ4n) is 3.09. The third-order valence-electron chi connectivity index (χ3n) is 4.38. The van der Waals surface area contributed by atoms with Gasteiger partial charge in [0.05, 0.1) is 5.92 Å². The summed E-state index contributed by atoms with van der Waals surface area (Å²) in [5.74, 6) is -0.524. The van der Waals surface area contributed by atoms with Crippen LogP contribution in [0.15, 0.2) is 24.3 Å². The molecule has 2 N–H and O–H groups in total. The number of thiocarbonyl (C=S) groups is 1. The van der Waals surface area contributed by atoms with Crippen molar-refractivity contribution in [1.29, 1.82) is 0 Å². The quantitative estimate of drug-likeness (QED) is 0.611. The van der Waals surface area contributed by atoms with Crippen LogP contribution in [-0.2, 0) is 4.79 Å². The molecule has 4 nitrogen and oxygen atoms in total. The third-order valence-corrected chi connectivity index (χ3v) is 4.78. The van der Waals surface area contributed by atoms with Crippen molar-refractivity contribution in [2.75, 3.05) is 26.2 Å². The summed E-state index contributed by atoms with van der Waals surface area (Å²) in [5, 5.41) is 6.80. The molecule has 1 saturated heterocycles. The van der Waals surface area contributed by atoms with Gasteiger partial charge in [0.25, 0.3) is 0 Å². The van der Waals surface area contributed by atoms with Crippen molar-refractivity contribution >= 4 is 23.2 Å². The Hall–Kier alpha value is -1.69. The van der Waals surface area contributed by atoms with Crippen LogP contribution < -0.4 is 10.6 Å². The van der Waals surface area contributed by atoms with Gasteiger partial charge in [-0.1, -0.05) is 25.5 Å². The zero-order chi connectivity index (χ0) is 17.5. The second-order valence-corrected chi connectivity index (χ2v) is 6.54. The molecule has 1 aromatic rings. The molecule has 6 heteroatoms. The second-order valence-electron chi connectivity index (χ2n) is 6.15. The molecule has 0 aromatic heterocycles. The lowest BCUT2D eigenvalue weighted by Gasteiger charge is -2.19. The number of carbonyl (C=O) groups is 1. The van der Waals surface area contributed by atoms with E-state index >= 15 is 0 Å². The van der Waals surface area contributed by atoms with E-state index in [9.17, 15) is 9.18 Å². The van der Waals surface area contributed by atoms with Crippen molar-refractivity contribution in [3.63, 3.8) is 0 Å². The Morgan fingerprint density at radius 3 is 2.79 bits per heavy atom. The van der Waals surface area contributed by atoms with Crippen LogP contribution in [0.1, 0.15) is 38.2 Å². The van der Waals surface area contributed by atoms with E-state index in [0.717, 1.165) is 24.9 Å². The van der Waals surface area contributed by atoms with E-state index < -0.39 is 0 Å². The monoisotopic (exact) mass is 351 g/mol. The molecule has 2 rings (SSSR count). The first kappa shape index (κ1) is 18.6. The number of likely N-dealkylation sites (tertiary alicyclic amines) is 1. The van der Waals surface area contributed by atoms with Gasteiger partial charge >= 0.3 is 0 Å². The van der Waals surface area contributed by atoms with Gasteiger partial charge in [0, 0.05) is 32.1 Å². The molecule has 0 unspecified atom stereocenters. The predicted molar refractivity (Wildman–Crippen MR) is 98.4 cm³/mol. The zero-order valence-corrected chi connectivity index (χ0v) is 15.2. The number of hydrogen-bond acceptors (Lipinski definition) is 2. The number of rotatable bonds is 6. The van der Waals surface area contributed by atoms with Crippen LogP contribution in [0.25, 0.3) is 0 Å². The molecule has 132 valence electrons. The molecule has 0 radical (unpaired) electrons. The van der Waals surface area contributed by atoms with E-state index in [1.165, 1.54) is 12.1 Å². The summed E-state index contributed by atoms with van der Waals surface area (Å²) in [6, 6.07) is 6.54. The van der Waals surface area contributed by atoms with E-state index in [0.29, 0.717) is 24.7 Å². The highest BCUT2D eigenvalue weighted by Crippen LogP contribution is 2.33. The summed E-state index contributed by atoms with van der Waals surface area (Å²) in [6.45, 7) is 6.69. The van der Waals surface area contributed by atoms with Crippen LogP contribution in [0.5, 0.6) is 0 Å². The summed E-state index contributed by atoms with van der Waals surface area (Å²) in [5.41, 5.74) is 0.854. The summed E-state index contributed by atoms with van der Waals surface area (Å²) < 4.78 is 13.6. The highest BCUT2D eigenvalue weighted by Gasteiger charge is 2.39. The SMILES string of the molecule is CCCCNC(=O)[C@H]1CN(C(=S)NCC)C[C@H]1c1cccc(F)c1. The largest absolute Gasteiger partial charge is 0.363 e.